The number of hydrogen-bond acceptors (Lipinski definition) is 3. The fourth-order valence-corrected chi connectivity index (χ4v) is 2.46. The molecule has 1 aromatic rings. The minimum Gasteiger partial charge on any atom is -0.481 e. The molecule has 0 aromatic heterocycles. The summed E-state index contributed by atoms with van der Waals surface area (Å²) in [6.45, 7) is 0.628. The second-order valence-corrected chi connectivity index (χ2v) is 5.36. The van der Waals surface area contributed by atoms with Gasteiger partial charge in [-0.1, -0.05) is 17.7 Å². The SMILES string of the molecule is O=C(NCC1(C(=O)O)CCOCC1)c1cccc(F)c1Cl. The molecule has 0 unspecified atom stereocenters. The normalized spacial score (nSPS) is 17.2. The van der Waals surface area contributed by atoms with Crippen LogP contribution in [0.1, 0.15) is 23.2 Å². The van der Waals surface area contributed by atoms with Crippen LogP contribution in [0.4, 0.5) is 4.39 Å². The van der Waals surface area contributed by atoms with Crippen LogP contribution in [0, 0.1) is 11.2 Å². The van der Waals surface area contributed by atoms with E-state index in [9.17, 15) is 19.1 Å². The fourth-order valence-electron chi connectivity index (χ4n) is 2.25. The van der Waals surface area contributed by atoms with Gasteiger partial charge in [0.1, 0.15) is 5.82 Å². The van der Waals surface area contributed by atoms with Gasteiger partial charge in [0, 0.05) is 19.8 Å². The minimum absolute atomic E-state index is 0.00994. The summed E-state index contributed by atoms with van der Waals surface area (Å²) < 4.78 is 18.5. The van der Waals surface area contributed by atoms with Crippen molar-refractivity contribution in [2.24, 2.45) is 5.41 Å². The van der Waals surface area contributed by atoms with E-state index in [0.29, 0.717) is 26.1 Å². The van der Waals surface area contributed by atoms with Gasteiger partial charge in [-0.2, -0.15) is 0 Å². The van der Waals surface area contributed by atoms with E-state index >= 15 is 0 Å². The van der Waals surface area contributed by atoms with Crippen molar-refractivity contribution in [3.8, 4) is 0 Å². The Bertz CT molecular complexity index is 558. The summed E-state index contributed by atoms with van der Waals surface area (Å²) in [5.41, 5.74) is -1.06. The van der Waals surface area contributed by atoms with Crippen molar-refractivity contribution >= 4 is 23.5 Å². The highest BCUT2D eigenvalue weighted by molar-refractivity contribution is 6.34. The Morgan fingerprint density at radius 3 is 2.67 bits per heavy atom. The van der Waals surface area contributed by atoms with Gasteiger partial charge in [0.15, 0.2) is 0 Å². The molecule has 0 radical (unpaired) electrons. The van der Waals surface area contributed by atoms with E-state index < -0.39 is 23.1 Å². The van der Waals surface area contributed by atoms with E-state index in [4.69, 9.17) is 16.3 Å². The van der Waals surface area contributed by atoms with Gasteiger partial charge in [0.25, 0.3) is 5.91 Å². The zero-order valence-corrected chi connectivity index (χ0v) is 12.0. The zero-order valence-electron chi connectivity index (χ0n) is 11.2. The van der Waals surface area contributed by atoms with Crippen LogP contribution in [0.25, 0.3) is 0 Å². The Hall–Kier alpha value is -1.66. The van der Waals surface area contributed by atoms with Crippen molar-refractivity contribution < 1.29 is 23.8 Å². The molecule has 2 N–H and O–H groups in total. The number of aliphatic carboxylic acids is 1. The van der Waals surface area contributed by atoms with Gasteiger partial charge in [0.2, 0.25) is 0 Å². The maximum absolute atomic E-state index is 13.3. The summed E-state index contributed by atoms with van der Waals surface area (Å²) in [4.78, 5) is 23.5. The van der Waals surface area contributed by atoms with Crippen LogP contribution < -0.4 is 5.32 Å². The molecule has 1 heterocycles. The van der Waals surface area contributed by atoms with Crippen molar-refractivity contribution in [1.82, 2.24) is 5.32 Å². The maximum Gasteiger partial charge on any atom is 0.311 e. The molecule has 1 saturated heterocycles. The minimum atomic E-state index is -1.05. The quantitative estimate of drug-likeness (QED) is 0.892. The first kappa shape index (κ1) is 15.7. The highest BCUT2D eigenvalue weighted by Crippen LogP contribution is 2.30. The highest BCUT2D eigenvalue weighted by Gasteiger charge is 2.40. The van der Waals surface area contributed by atoms with E-state index in [1.807, 2.05) is 0 Å². The number of hydrogen-bond donors (Lipinski definition) is 2. The lowest BCUT2D eigenvalue weighted by Gasteiger charge is -2.33. The number of carboxylic acid groups (broad SMARTS) is 1. The number of carboxylic acids is 1. The van der Waals surface area contributed by atoms with E-state index in [1.54, 1.807) is 0 Å². The van der Waals surface area contributed by atoms with Crippen LogP contribution in [0.5, 0.6) is 0 Å². The van der Waals surface area contributed by atoms with Crippen molar-refractivity contribution in [2.75, 3.05) is 19.8 Å². The van der Waals surface area contributed by atoms with Gasteiger partial charge < -0.3 is 15.2 Å². The molecule has 0 spiro atoms. The first-order chi connectivity index (χ1) is 9.96. The summed E-state index contributed by atoms with van der Waals surface area (Å²) in [5.74, 6) is -2.26. The molecule has 2 rings (SSSR count). The molecular formula is C14H15ClFNO4. The molecule has 1 aromatic carbocycles. The van der Waals surface area contributed by atoms with Crippen LogP contribution in [-0.2, 0) is 9.53 Å². The van der Waals surface area contributed by atoms with Gasteiger partial charge in [-0.05, 0) is 25.0 Å². The van der Waals surface area contributed by atoms with Crippen LogP contribution in [0.2, 0.25) is 5.02 Å². The predicted molar refractivity (Wildman–Crippen MR) is 73.9 cm³/mol. The summed E-state index contributed by atoms with van der Waals surface area (Å²) in [7, 11) is 0. The molecule has 1 aliphatic rings. The standard InChI is InChI=1S/C14H15ClFNO4/c15-11-9(2-1-3-10(11)16)12(18)17-8-14(13(19)20)4-6-21-7-5-14/h1-3H,4-8H2,(H,17,18)(H,19,20). The zero-order chi connectivity index (χ0) is 15.5. The summed E-state index contributed by atoms with van der Waals surface area (Å²) >= 11 is 5.73. The molecule has 1 amide bonds. The summed E-state index contributed by atoms with van der Waals surface area (Å²) in [6.07, 6.45) is 0.638. The molecule has 21 heavy (non-hydrogen) atoms. The van der Waals surface area contributed by atoms with Crippen LogP contribution >= 0.6 is 11.6 Å². The number of rotatable bonds is 4. The van der Waals surface area contributed by atoms with Crippen molar-refractivity contribution in [1.29, 1.82) is 0 Å². The van der Waals surface area contributed by atoms with E-state index in [0.717, 1.165) is 6.07 Å². The third-order valence-corrected chi connectivity index (χ3v) is 4.07. The van der Waals surface area contributed by atoms with Crippen LogP contribution in [0.15, 0.2) is 18.2 Å². The lowest BCUT2D eigenvalue weighted by atomic mass is 9.80. The van der Waals surface area contributed by atoms with E-state index in [2.05, 4.69) is 5.32 Å². The Morgan fingerprint density at radius 1 is 1.38 bits per heavy atom. The largest absolute Gasteiger partial charge is 0.481 e. The first-order valence-electron chi connectivity index (χ1n) is 6.50. The molecule has 1 fully saturated rings. The lowest BCUT2D eigenvalue weighted by Crippen LogP contribution is -2.46. The molecule has 0 aliphatic carbocycles. The van der Waals surface area contributed by atoms with Crippen molar-refractivity contribution in [3.63, 3.8) is 0 Å². The highest BCUT2D eigenvalue weighted by atomic mass is 35.5. The summed E-state index contributed by atoms with van der Waals surface area (Å²) in [5, 5.41) is 11.6. The van der Waals surface area contributed by atoms with Gasteiger partial charge in [-0.3, -0.25) is 9.59 Å². The average Bonchev–Trinajstić information content (AvgIpc) is 2.48. The predicted octanol–water partition coefficient (Wildman–Crippen LogP) is 2.09. The average molecular weight is 316 g/mol. The van der Waals surface area contributed by atoms with Gasteiger partial charge >= 0.3 is 5.97 Å². The Balaban J connectivity index is 2.09. The number of amides is 1. The van der Waals surface area contributed by atoms with Gasteiger partial charge in [0.05, 0.1) is 16.0 Å². The van der Waals surface area contributed by atoms with Gasteiger partial charge in [-0.15, -0.1) is 0 Å². The molecular weight excluding hydrogens is 301 g/mol. The van der Waals surface area contributed by atoms with Crippen LogP contribution in [-0.4, -0.2) is 36.7 Å². The third-order valence-electron chi connectivity index (χ3n) is 3.69. The van der Waals surface area contributed by atoms with E-state index in [1.165, 1.54) is 12.1 Å². The molecule has 1 aliphatic heterocycles. The summed E-state index contributed by atoms with van der Waals surface area (Å²) in [6, 6.07) is 3.91. The monoisotopic (exact) mass is 315 g/mol. The smallest absolute Gasteiger partial charge is 0.311 e. The number of halogens is 2. The molecule has 7 heteroatoms. The molecule has 0 saturated carbocycles. The Kier molecular flexibility index (Phi) is 4.80. The van der Waals surface area contributed by atoms with Crippen LogP contribution in [0.3, 0.4) is 0 Å². The number of carbonyl (C=O) groups is 2. The maximum atomic E-state index is 13.3. The number of carbonyl (C=O) groups excluding carboxylic acids is 1. The second-order valence-electron chi connectivity index (χ2n) is 4.98. The molecule has 0 bridgehead atoms. The Morgan fingerprint density at radius 2 is 2.05 bits per heavy atom. The first-order valence-corrected chi connectivity index (χ1v) is 6.87. The van der Waals surface area contributed by atoms with Crippen molar-refractivity contribution in [2.45, 2.75) is 12.8 Å². The Labute approximate surface area is 126 Å². The number of benzene rings is 1. The third kappa shape index (κ3) is 3.33. The van der Waals surface area contributed by atoms with E-state index in [-0.39, 0.29) is 17.1 Å². The van der Waals surface area contributed by atoms with Crippen molar-refractivity contribution in [3.05, 3.63) is 34.6 Å². The molecule has 114 valence electrons. The number of nitrogens with one attached hydrogen (secondary N) is 1. The lowest BCUT2D eigenvalue weighted by molar-refractivity contribution is -0.154. The topological polar surface area (TPSA) is 75.6 Å². The molecule has 0 atom stereocenters. The fraction of sp³-hybridized carbons (Fsp3) is 0.429. The number of ether oxygens (including phenoxy) is 1. The van der Waals surface area contributed by atoms with Gasteiger partial charge in [-0.25, -0.2) is 4.39 Å². The molecule has 5 nitrogen and oxygen atoms in total. The second kappa shape index (κ2) is 6.41.